The third-order valence-electron chi connectivity index (χ3n) is 3.55. The van der Waals surface area contributed by atoms with Gasteiger partial charge in [-0.05, 0) is 37.3 Å². The molecule has 0 amide bonds. The number of rotatable bonds is 2. The molecule has 1 aromatic heterocycles. The Bertz CT molecular complexity index is 423. The molecule has 15 heavy (non-hydrogen) atoms. The van der Waals surface area contributed by atoms with Crippen molar-refractivity contribution in [1.82, 2.24) is 4.98 Å². The highest BCUT2D eigenvalue weighted by molar-refractivity contribution is 5.96. The molecule has 2 aliphatic rings. The summed E-state index contributed by atoms with van der Waals surface area (Å²) < 4.78 is 0. The first-order chi connectivity index (χ1) is 7.21. The Morgan fingerprint density at radius 2 is 2.33 bits per heavy atom. The minimum atomic E-state index is -0.510. The molecule has 3 heteroatoms. The molecule has 1 saturated carbocycles. The van der Waals surface area contributed by atoms with E-state index in [1.54, 1.807) is 6.20 Å². The fraction of sp³-hybridized carbons (Fsp3) is 0.500. The number of aryl methyl sites for hydroxylation is 1. The van der Waals surface area contributed by atoms with Gasteiger partial charge in [0.25, 0.3) is 0 Å². The van der Waals surface area contributed by atoms with E-state index in [0.29, 0.717) is 0 Å². The molecule has 1 heterocycles. The standard InChI is InChI=1S/C12H14N2O/c13-12(5-6-12)11(15)9-4-3-8-2-1-7-14-10(8)9/h1-2,7,9H,3-6,13H2. The average Bonchev–Trinajstić information content (AvgIpc) is 2.87. The van der Waals surface area contributed by atoms with Crippen LogP contribution in [0.2, 0.25) is 0 Å². The predicted octanol–water partition coefficient (Wildman–Crippen LogP) is 1.17. The average molecular weight is 202 g/mol. The highest BCUT2D eigenvalue weighted by atomic mass is 16.1. The molecule has 0 spiro atoms. The van der Waals surface area contributed by atoms with Crippen LogP contribution in [0.5, 0.6) is 0 Å². The van der Waals surface area contributed by atoms with E-state index in [9.17, 15) is 4.79 Å². The summed E-state index contributed by atoms with van der Waals surface area (Å²) in [6.45, 7) is 0. The van der Waals surface area contributed by atoms with Crippen LogP contribution in [0.25, 0.3) is 0 Å². The van der Waals surface area contributed by atoms with Crippen molar-refractivity contribution in [2.75, 3.05) is 0 Å². The third kappa shape index (κ3) is 1.30. The fourth-order valence-corrected chi connectivity index (χ4v) is 2.40. The first-order valence-corrected chi connectivity index (χ1v) is 5.48. The van der Waals surface area contributed by atoms with E-state index < -0.39 is 5.54 Å². The molecule has 3 nitrogen and oxygen atoms in total. The number of pyridine rings is 1. The van der Waals surface area contributed by atoms with E-state index in [-0.39, 0.29) is 11.7 Å². The number of aromatic nitrogens is 1. The van der Waals surface area contributed by atoms with Crippen LogP contribution >= 0.6 is 0 Å². The number of nitrogens with two attached hydrogens (primary N) is 1. The molecule has 0 radical (unpaired) electrons. The number of carbonyl (C=O) groups is 1. The number of fused-ring (bicyclic) bond motifs is 1. The lowest BCUT2D eigenvalue weighted by molar-refractivity contribution is -0.122. The van der Waals surface area contributed by atoms with E-state index in [1.165, 1.54) is 5.56 Å². The van der Waals surface area contributed by atoms with Crippen LogP contribution in [0, 0.1) is 0 Å². The van der Waals surface area contributed by atoms with Gasteiger partial charge in [0.15, 0.2) is 5.78 Å². The highest BCUT2D eigenvalue weighted by Crippen LogP contribution is 2.42. The van der Waals surface area contributed by atoms with E-state index in [4.69, 9.17) is 5.73 Å². The van der Waals surface area contributed by atoms with Gasteiger partial charge in [-0.2, -0.15) is 0 Å². The fourth-order valence-electron chi connectivity index (χ4n) is 2.40. The Balaban J connectivity index is 1.94. The summed E-state index contributed by atoms with van der Waals surface area (Å²) in [5, 5.41) is 0. The molecule has 1 aromatic rings. The second-order valence-corrected chi connectivity index (χ2v) is 4.66. The van der Waals surface area contributed by atoms with Gasteiger partial charge in [-0.25, -0.2) is 0 Å². The lowest BCUT2D eigenvalue weighted by Gasteiger charge is -2.14. The zero-order chi connectivity index (χ0) is 10.5. The van der Waals surface area contributed by atoms with Gasteiger partial charge in [0.2, 0.25) is 0 Å². The van der Waals surface area contributed by atoms with Crippen LogP contribution < -0.4 is 5.73 Å². The maximum atomic E-state index is 12.1. The minimum absolute atomic E-state index is 0.0336. The Kier molecular flexibility index (Phi) is 1.74. The van der Waals surface area contributed by atoms with Gasteiger partial charge in [0, 0.05) is 6.20 Å². The van der Waals surface area contributed by atoms with Gasteiger partial charge < -0.3 is 5.73 Å². The summed E-state index contributed by atoms with van der Waals surface area (Å²) in [7, 11) is 0. The number of ketones is 1. The Hall–Kier alpha value is -1.22. The summed E-state index contributed by atoms with van der Waals surface area (Å²) in [6, 6.07) is 3.99. The Labute approximate surface area is 88.7 Å². The van der Waals surface area contributed by atoms with Crippen LogP contribution in [0.1, 0.15) is 36.4 Å². The molecule has 0 bridgehead atoms. The maximum Gasteiger partial charge on any atom is 0.161 e. The normalized spacial score (nSPS) is 26.1. The van der Waals surface area contributed by atoms with Crippen LogP contribution in [0.4, 0.5) is 0 Å². The highest BCUT2D eigenvalue weighted by Gasteiger charge is 2.50. The molecule has 78 valence electrons. The summed E-state index contributed by atoms with van der Waals surface area (Å²) in [5.41, 5.74) is 7.63. The summed E-state index contributed by atoms with van der Waals surface area (Å²) >= 11 is 0. The van der Waals surface area contributed by atoms with Gasteiger partial charge in [-0.1, -0.05) is 6.07 Å². The molecule has 0 aromatic carbocycles. The van der Waals surface area contributed by atoms with E-state index in [0.717, 1.165) is 31.4 Å². The zero-order valence-electron chi connectivity index (χ0n) is 8.57. The monoisotopic (exact) mass is 202 g/mol. The van der Waals surface area contributed by atoms with Crippen molar-refractivity contribution in [1.29, 1.82) is 0 Å². The van der Waals surface area contributed by atoms with Crippen molar-refractivity contribution < 1.29 is 4.79 Å². The van der Waals surface area contributed by atoms with E-state index >= 15 is 0 Å². The van der Waals surface area contributed by atoms with Crippen molar-refractivity contribution in [3.63, 3.8) is 0 Å². The second kappa shape index (κ2) is 2.89. The van der Waals surface area contributed by atoms with Gasteiger partial charge in [0.05, 0.1) is 17.2 Å². The SMILES string of the molecule is NC1(C(=O)C2CCc3cccnc32)CC1. The van der Waals surface area contributed by atoms with Gasteiger partial charge in [-0.15, -0.1) is 0 Å². The number of hydrogen-bond acceptors (Lipinski definition) is 3. The molecule has 1 unspecified atom stereocenters. The topological polar surface area (TPSA) is 56.0 Å². The van der Waals surface area contributed by atoms with Gasteiger partial charge in [-0.3, -0.25) is 9.78 Å². The molecule has 2 aliphatic carbocycles. The first-order valence-electron chi connectivity index (χ1n) is 5.48. The molecular formula is C12H14N2O. The van der Waals surface area contributed by atoms with Crippen LogP contribution in [0.3, 0.4) is 0 Å². The van der Waals surface area contributed by atoms with Gasteiger partial charge in [0.1, 0.15) is 0 Å². The predicted molar refractivity (Wildman–Crippen MR) is 56.5 cm³/mol. The van der Waals surface area contributed by atoms with Crippen LogP contribution in [-0.2, 0) is 11.2 Å². The quantitative estimate of drug-likeness (QED) is 0.783. The smallest absolute Gasteiger partial charge is 0.161 e. The molecule has 1 fully saturated rings. The van der Waals surface area contributed by atoms with Crippen molar-refractivity contribution in [3.05, 3.63) is 29.6 Å². The lowest BCUT2D eigenvalue weighted by atomic mass is 9.94. The Morgan fingerprint density at radius 1 is 1.53 bits per heavy atom. The van der Waals surface area contributed by atoms with Gasteiger partial charge >= 0.3 is 0 Å². The van der Waals surface area contributed by atoms with Crippen molar-refractivity contribution >= 4 is 5.78 Å². The minimum Gasteiger partial charge on any atom is -0.319 e. The molecule has 3 rings (SSSR count). The van der Waals surface area contributed by atoms with Crippen molar-refractivity contribution in [2.24, 2.45) is 5.73 Å². The molecule has 2 N–H and O–H groups in total. The molecule has 1 atom stereocenters. The number of hydrogen-bond donors (Lipinski definition) is 1. The Morgan fingerprint density at radius 3 is 3.07 bits per heavy atom. The summed E-state index contributed by atoms with van der Waals surface area (Å²) in [5.74, 6) is 0.175. The van der Waals surface area contributed by atoms with Crippen molar-refractivity contribution in [3.8, 4) is 0 Å². The van der Waals surface area contributed by atoms with Crippen molar-refractivity contribution in [2.45, 2.75) is 37.1 Å². The maximum absolute atomic E-state index is 12.1. The second-order valence-electron chi connectivity index (χ2n) is 4.66. The van der Waals surface area contributed by atoms with Crippen LogP contribution in [0.15, 0.2) is 18.3 Å². The first kappa shape index (κ1) is 9.04. The lowest BCUT2D eigenvalue weighted by Crippen LogP contribution is -2.36. The molecular weight excluding hydrogens is 188 g/mol. The zero-order valence-corrected chi connectivity index (χ0v) is 8.57. The molecule has 0 aliphatic heterocycles. The number of nitrogens with zero attached hydrogens (tertiary/aromatic N) is 1. The van der Waals surface area contributed by atoms with Crippen LogP contribution in [-0.4, -0.2) is 16.3 Å². The van der Waals surface area contributed by atoms with E-state index in [2.05, 4.69) is 11.1 Å². The number of Topliss-reactive ketones (excluding diaryl/α,β-unsaturated/α-hetero) is 1. The molecule has 0 saturated heterocycles. The number of carbonyl (C=O) groups excluding carboxylic acids is 1. The largest absolute Gasteiger partial charge is 0.319 e. The third-order valence-corrected chi connectivity index (χ3v) is 3.55. The summed E-state index contributed by atoms with van der Waals surface area (Å²) in [6.07, 6.45) is 5.33. The summed E-state index contributed by atoms with van der Waals surface area (Å²) in [4.78, 5) is 16.5. The van der Waals surface area contributed by atoms with E-state index in [1.807, 2.05) is 6.07 Å².